The van der Waals surface area contributed by atoms with Gasteiger partial charge in [-0.3, -0.25) is 4.57 Å². The molecule has 0 aromatic rings. The minimum atomic E-state index is -3.55. The lowest BCUT2D eigenvalue weighted by Crippen LogP contribution is -2.44. The van der Waals surface area contributed by atoms with E-state index in [0.29, 0.717) is 17.5 Å². The summed E-state index contributed by atoms with van der Waals surface area (Å²) < 4.78 is 18.4. The molecule has 0 aliphatic rings. The number of unbranched alkanes of at least 4 members (excludes halogenated alkanes) is 13. The van der Waals surface area contributed by atoms with E-state index in [1.54, 1.807) is 0 Å². The van der Waals surface area contributed by atoms with Crippen LogP contribution in [-0.2, 0) is 9.09 Å². The van der Waals surface area contributed by atoms with Crippen LogP contribution in [0.5, 0.6) is 0 Å². The molecule has 0 spiro atoms. The second-order valence-corrected chi connectivity index (χ2v) is 11.7. The first-order valence-electron chi connectivity index (χ1n) is 12.7. The van der Waals surface area contributed by atoms with Crippen molar-refractivity contribution in [3.8, 4) is 0 Å². The van der Waals surface area contributed by atoms with Crippen LogP contribution >= 0.6 is 7.60 Å². The molecule has 0 aromatic carbocycles. The van der Waals surface area contributed by atoms with Gasteiger partial charge in [0.05, 0.1) is 27.7 Å². The van der Waals surface area contributed by atoms with Gasteiger partial charge in [-0.1, -0.05) is 90.2 Å². The average molecular weight is 447 g/mol. The Balaban J connectivity index is 3.48. The summed E-state index contributed by atoms with van der Waals surface area (Å²) in [6, 6.07) is 0. The summed E-state index contributed by atoms with van der Waals surface area (Å²) in [4.78, 5) is 10.3. The van der Waals surface area contributed by atoms with Crippen LogP contribution in [0.25, 0.3) is 0 Å². The molecule has 180 valence electrons. The first-order valence-corrected chi connectivity index (χ1v) is 14.3. The van der Waals surface area contributed by atoms with E-state index in [4.69, 9.17) is 4.52 Å². The number of hydrogen-bond acceptors (Lipinski definition) is 2. The molecule has 0 aromatic heterocycles. The Bertz CT molecular complexity index is 460. The molecule has 2 unspecified atom stereocenters. The topological polar surface area (TPSA) is 46.5 Å². The van der Waals surface area contributed by atoms with Crippen molar-refractivity contribution in [2.24, 2.45) is 0 Å². The van der Waals surface area contributed by atoms with Crippen LogP contribution in [0.4, 0.5) is 0 Å². The smallest absolute Gasteiger partial charge is 0.320 e. The Hall–Kier alpha value is -0.150. The molecule has 0 aliphatic carbocycles. The molecular formula is C25H53NO3P+. The fraction of sp³-hybridized carbons (Fsp3) is 0.920. The highest BCUT2D eigenvalue weighted by molar-refractivity contribution is 7.53. The van der Waals surface area contributed by atoms with Gasteiger partial charge in [0.25, 0.3) is 0 Å². The zero-order valence-electron chi connectivity index (χ0n) is 20.9. The highest BCUT2D eigenvalue weighted by Crippen LogP contribution is 2.51. The molecule has 0 heterocycles. The van der Waals surface area contributed by atoms with Crippen molar-refractivity contribution in [1.82, 2.24) is 0 Å². The number of nitrogens with zero attached hydrogens (tertiary/aromatic N) is 1. The van der Waals surface area contributed by atoms with Crippen LogP contribution in [0.3, 0.4) is 0 Å². The first-order chi connectivity index (χ1) is 14.3. The predicted molar refractivity (Wildman–Crippen MR) is 132 cm³/mol. The van der Waals surface area contributed by atoms with E-state index in [-0.39, 0.29) is 5.78 Å². The minimum absolute atomic E-state index is 0.348. The molecule has 0 rings (SSSR count). The Morgan fingerprint density at radius 2 is 1.20 bits per heavy atom. The minimum Gasteiger partial charge on any atom is -0.320 e. The van der Waals surface area contributed by atoms with E-state index in [1.807, 2.05) is 28.1 Å². The molecular weight excluding hydrogens is 393 g/mol. The average Bonchev–Trinajstić information content (AvgIpc) is 2.66. The Morgan fingerprint density at radius 3 is 1.63 bits per heavy atom. The van der Waals surface area contributed by atoms with Gasteiger partial charge in [0.2, 0.25) is 0 Å². The van der Waals surface area contributed by atoms with E-state index in [9.17, 15) is 9.46 Å². The molecule has 2 atom stereocenters. The number of quaternary nitrogens is 1. The lowest BCUT2D eigenvalue weighted by molar-refractivity contribution is -0.883. The summed E-state index contributed by atoms with van der Waals surface area (Å²) in [5.74, 6) is -0.348. The number of allylic oxidation sites excluding steroid dienone is 2. The SMILES string of the molecule is CCCCCC/C=C\CCCCCCCCCCCOP(=O)(O)C(CC)[N+](C)(C)C. The summed E-state index contributed by atoms with van der Waals surface area (Å²) in [6.45, 7) is 4.61. The highest BCUT2D eigenvalue weighted by atomic mass is 31.2. The normalized spacial score (nSPS) is 15.5. The summed E-state index contributed by atoms with van der Waals surface area (Å²) in [5.41, 5.74) is 0. The van der Waals surface area contributed by atoms with Crippen molar-refractivity contribution >= 4 is 7.60 Å². The van der Waals surface area contributed by atoms with E-state index in [1.165, 1.54) is 83.5 Å². The van der Waals surface area contributed by atoms with Gasteiger partial charge in [0.15, 0.2) is 5.78 Å². The molecule has 0 bridgehead atoms. The third-order valence-electron chi connectivity index (χ3n) is 5.82. The standard InChI is InChI=1S/C25H52NO3P/c1-6-8-9-10-11-12-13-14-15-16-17-18-19-20-21-22-23-24-29-30(27,28)25(7-2)26(3,4)5/h12-13,25H,6-11,14-24H2,1-5H3/p+1/b13-12-. The summed E-state index contributed by atoms with van der Waals surface area (Å²) in [6.07, 6.45) is 24.5. The maximum absolute atomic E-state index is 12.5. The Kier molecular flexibility index (Phi) is 18.3. The number of rotatable bonds is 21. The highest BCUT2D eigenvalue weighted by Gasteiger charge is 2.41. The second-order valence-electron chi connectivity index (χ2n) is 9.69. The third kappa shape index (κ3) is 16.5. The van der Waals surface area contributed by atoms with Crippen molar-refractivity contribution < 1.29 is 18.5 Å². The fourth-order valence-corrected chi connectivity index (χ4v) is 5.92. The summed E-state index contributed by atoms with van der Waals surface area (Å²) in [7, 11) is 2.31. The van der Waals surface area contributed by atoms with Crippen LogP contribution in [0.2, 0.25) is 0 Å². The lowest BCUT2D eigenvalue weighted by Gasteiger charge is -2.35. The maximum atomic E-state index is 12.5. The molecule has 0 saturated carbocycles. The molecule has 0 fully saturated rings. The first kappa shape index (κ1) is 29.9. The van der Waals surface area contributed by atoms with Crippen molar-refractivity contribution in [2.75, 3.05) is 27.7 Å². The van der Waals surface area contributed by atoms with Gasteiger partial charge in [0.1, 0.15) is 0 Å². The van der Waals surface area contributed by atoms with Crippen LogP contribution in [0.15, 0.2) is 12.2 Å². The molecule has 0 amide bonds. The maximum Gasteiger partial charge on any atom is 0.385 e. The Labute approximate surface area is 188 Å². The van der Waals surface area contributed by atoms with Gasteiger partial charge in [-0.25, -0.2) is 0 Å². The van der Waals surface area contributed by atoms with E-state index >= 15 is 0 Å². The molecule has 5 heteroatoms. The summed E-state index contributed by atoms with van der Waals surface area (Å²) >= 11 is 0. The molecule has 1 N–H and O–H groups in total. The quantitative estimate of drug-likeness (QED) is 0.0839. The van der Waals surface area contributed by atoms with Crippen LogP contribution in [0.1, 0.15) is 117 Å². The van der Waals surface area contributed by atoms with Crippen molar-refractivity contribution in [1.29, 1.82) is 0 Å². The van der Waals surface area contributed by atoms with Gasteiger partial charge in [-0.15, -0.1) is 0 Å². The van der Waals surface area contributed by atoms with Gasteiger partial charge < -0.3 is 13.9 Å². The second kappa shape index (κ2) is 18.4. The van der Waals surface area contributed by atoms with E-state index in [0.717, 1.165) is 12.8 Å². The van der Waals surface area contributed by atoms with Gasteiger partial charge >= 0.3 is 7.60 Å². The molecule has 0 radical (unpaired) electrons. The van der Waals surface area contributed by atoms with Crippen molar-refractivity contribution in [3.05, 3.63) is 12.2 Å². The van der Waals surface area contributed by atoms with Gasteiger partial charge in [-0.05, 0) is 32.1 Å². The largest absolute Gasteiger partial charge is 0.385 e. The Morgan fingerprint density at radius 1 is 0.767 bits per heavy atom. The summed E-state index contributed by atoms with van der Waals surface area (Å²) in [5, 5.41) is 0. The monoisotopic (exact) mass is 446 g/mol. The molecule has 0 saturated heterocycles. The zero-order valence-corrected chi connectivity index (χ0v) is 21.8. The van der Waals surface area contributed by atoms with Crippen LogP contribution in [-0.4, -0.2) is 42.9 Å². The molecule has 30 heavy (non-hydrogen) atoms. The van der Waals surface area contributed by atoms with Gasteiger partial charge in [-0.2, -0.15) is 0 Å². The third-order valence-corrected chi connectivity index (χ3v) is 8.18. The van der Waals surface area contributed by atoms with Crippen molar-refractivity contribution in [3.63, 3.8) is 0 Å². The zero-order chi connectivity index (χ0) is 22.7. The molecule has 4 nitrogen and oxygen atoms in total. The van der Waals surface area contributed by atoms with Crippen molar-refractivity contribution in [2.45, 2.75) is 122 Å². The lowest BCUT2D eigenvalue weighted by atomic mass is 10.1. The van der Waals surface area contributed by atoms with Crippen LogP contribution < -0.4 is 0 Å². The van der Waals surface area contributed by atoms with E-state index in [2.05, 4.69) is 19.1 Å². The predicted octanol–water partition coefficient (Wildman–Crippen LogP) is 8.06. The molecule has 0 aliphatic heterocycles. The van der Waals surface area contributed by atoms with E-state index < -0.39 is 7.60 Å². The van der Waals surface area contributed by atoms with Gasteiger partial charge in [0, 0.05) is 6.42 Å². The van der Waals surface area contributed by atoms with Crippen LogP contribution in [0, 0.1) is 0 Å². The number of hydrogen-bond donors (Lipinski definition) is 1. The fourth-order valence-electron chi connectivity index (χ4n) is 4.02.